The van der Waals surface area contributed by atoms with Gasteiger partial charge >= 0.3 is 5.97 Å². The average molecular weight is 372 g/mol. The number of aliphatic carboxylic acids is 1. The third-order valence-corrected chi connectivity index (χ3v) is 6.15. The Labute approximate surface area is 157 Å². The molecule has 1 aliphatic carbocycles. The molecule has 0 spiro atoms. The van der Waals surface area contributed by atoms with Gasteiger partial charge in [0.05, 0.1) is 17.3 Å². The summed E-state index contributed by atoms with van der Waals surface area (Å²) in [4.78, 5) is 47.6. The van der Waals surface area contributed by atoms with Crippen molar-refractivity contribution in [3.05, 3.63) is 29.8 Å². The fourth-order valence-electron chi connectivity index (χ4n) is 4.25. The van der Waals surface area contributed by atoms with Crippen LogP contribution in [0.2, 0.25) is 0 Å². The summed E-state index contributed by atoms with van der Waals surface area (Å²) < 4.78 is 0. The number of rotatable bonds is 5. The van der Waals surface area contributed by atoms with Gasteiger partial charge in [0.15, 0.2) is 0 Å². The molecule has 3 atom stereocenters. The van der Waals surface area contributed by atoms with Gasteiger partial charge in [-0.2, -0.15) is 0 Å². The highest BCUT2D eigenvalue weighted by molar-refractivity contribution is 6.03. The van der Waals surface area contributed by atoms with Gasteiger partial charge in [-0.1, -0.05) is 32.9 Å². The number of hydrogen-bond acceptors (Lipinski definition) is 4. The van der Waals surface area contributed by atoms with Gasteiger partial charge in [-0.3, -0.25) is 24.5 Å². The van der Waals surface area contributed by atoms with Crippen molar-refractivity contribution in [2.24, 2.45) is 17.3 Å². The van der Waals surface area contributed by atoms with Crippen molar-refractivity contribution in [2.75, 3.05) is 5.32 Å². The van der Waals surface area contributed by atoms with Crippen LogP contribution in [0.1, 0.15) is 45.6 Å². The van der Waals surface area contributed by atoms with E-state index in [0.29, 0.717) is 24.9 Å². The molecule has 1 aromatic carbocycles. The highest BCUT2D eigenvalue weighted by atomic mass is 16.4. The zero-order chi connectivity index (χ0) is 20.0. The Morgan fingerprint density at radius 3 is 2.30 bits per heavy atom. The molecular formula is C20H24N2O5. The molecule has 2 aliphatic rings. The van der Waals surface area contributed by atoms with Crippen LogP contribution in [0.5, 0.6) is 0 Å². The summed E-state index contributed by atoms with van der Waals surface area (Å²) >= 11 is 0. The first-order valence-corrected chi connectivity index (χ1v) is 9.12. The molecular weight excluding hydrogens is 348 g/mol. The molecule has 1 saturated carbocycles. The second-order valence-electron chi connectivity index (χ2n) is 7.99. The number of piperidine rings is 1. The minimum Gasteiger partial charge on any atom is -0.481 e. The van der Waals surface area contributed by atoms with Gasteiger partial charge in [-0.25, -0.2) is 0 Å². The van der Waals surface area contributed by atoms with E-state index in [9.17, 15) is 24.3 Å². The SMILES string of the molecule is CCC1(c2ccc(NC(=O)C3C(C(=O)O)C3(C)C)cc2)CCC(=O)NC1=O. The van der Waals surface area contributed by atoms with Crippen LogP contribution in [0.3, 0.4) is 0 Å². The lowest BCUT2D eigenvalue weighted by Crippen LogP contribution is -2.51. The van der Waals surface area contributed by atoms with Crippen molar-refractivity contribution in [2.45, 2.75) is 45.4 Å². The molecule has 27 heavy (non-hydrogen) atoms. The summed E-state index contributed by atoms with van der Waals surface area (Å²) in [7, 11) is 0. The number of imide groups is 1. The van der Waals surface area contributed by atoms with Crippen LogP contribution < -0.4 is 10.6 Å². The number of carboxylic acid groups (broad SMARTS) is 1. The minimum absolute atomic E-state index is 0.256. The maximum atomic E-state index is 12.4. The lowest BCUT2D eigenvalue weighted by molar-refractivity contribution is -0.140. The summed E-state index contributed by atoms with van der Waals surface area (Å²) in [5, 5.41) is 14.4. The number of nitrogens with one attached hydrogen (secondary N) is 2. The van der Waals surface area contributed by atoms with E-state index in [1.165, 1.54) is 0 Å². The predicted molar refractivity (Wildman–Crippen MR) is 97.8 cm³/mol. The van der Waals surface area contributed by atoms with Gasteiger partial charge in [0.1, 0.15) is 0 Å². The quantitative estimate of drug-likeness (QED) is 0.685. The fraction of sp³-hybridized carbons (Fsp3) is 0.500. The van der Waals surface area contributed by atoms with Crippen molar-refractivity contribution < 1.29 is 24.3 Å². The van der Waals surface area contributed by atoms with E-state index in [-0.39, 0.29) is 17.7 Å². The molecule has 3 amide bonds. The number of anilines is 1. The molecule has 1 heterocycles. The average Bonchev–Trinajstić information content (AvgIpc) is 3.19. The second-order valence-corrected chi connectivity index (χ2v) is 7.99. The topological polar surface area (TPSA) is 113 Å². The van der Waals surface area contributed by atoms with Crippen LogP contribution in [0, 0.1) is 17.3 Å². The number of carbonyl (C=O) groups is 4. The van der Waals surface area contributed by atoms with Gasteiger partial charge in [-0.15, -0.1) is 0 Å². The maximum Gasteiger partial charge on any atom is 0.307 e. The number of hydrogen-bond donors (Lipinski definition) is 3. The molecule has 0 bridgehead atoms. The lowest BCUT2D eigenvalue weighted by Gasteiger charge is -2.35. The summed E-state index contributed by atoms with van der Waals surface area (Å²) in [5.41, 5.74) is 0.0374. The Morgan fingerprint density at radius 1 is 1.19 bits per heavy atom. The highest BCUT2D eigenvalue weighted by Crippen LogP contribution is 2.58. The maximum absolute atomic E-state index is 12.4. The Kier molecular flexibility index (Phi) is 4.57. The predicted octanol–water partition coefficient (Wildman–Crippen LogP) is 2.07. The molecule has 7 nitrogen and oxygen atoms in total. The van der Waals surface area contributed by atoms with Crippen molar-refractivity contribution in [3.63, 3.8) is 0 Å². The van der Waals surface area contributed by atoms with Crippen LogP contribution in [-0.4, -0.2) is 28.8 Å². The van der Waals surface area contributed by atoms with Crippen molar-refractivity contribution in [3.8, 4) is 0 Å². The monoisotopic (exact) mass is 372 g/mol. The van der Waals surface area contributed by atoms with E-state index in [1.807, 2.05) is 6.92 Å². The molecule has 0 aromatic heterocycles. The van der Waals surface area contributed by atoms with Crippen LogP contribution in [0.4, 0.5) is 5.69 Å². The molecule has 1 saturated heterocycles. The first kappa shape index (κ1) is 19.1. The minimum atomic E-state index is -0.960. The highest BCUT2D eigenvalue weighted by Gasteiger charge is 2.65. The summed E-state index contributed by atoms with van der Waals surface area (Å²) in [6.07, 6.45) is 1.32. The van der Waals surface area contributed by atoms with Gasteiger partial charge in [0.25, 0.3) is 0 Å². The molecule has 1 aliphatic heterocycles. The molecule has 0 radical (unpaired) electrons. The van der Waals surface area contributed by atoms with Gasteiger partial charge in [0, 0.05) is 12.1 Å². The number of benzene rings is 1. The molecule has 3 unspecified atom stereocenters. The molecule has 7 heteroatoms. The Bertz CT molecular complexity index is 814. The summed E-state index contributed by atoms with van der Waals surface area (Å²) in [6, 6.07) is 6.97. The number of carbonyl (C=O) groups excluding carboxylic acids is 3. The van der Waals surface area contributed by atoms with Crippen LogP contribution in [0.25, 0.3) is 0 Å². The van der Waals surface area contributed by atoms with E-state index < -0.39 is 28.6 Å². The third-order valence-electron chi connectivity index (χ3n) is 6.15. The smallest absolute Gasteiger partial charge is 0.307 e. The zero-order valence-electron chi connectivity index (χ0n) is 15.7. The molecule has 144 valence electrons. The number of carboxylic acids is 1. The first-order chi connectivity index (χ1) is 12.6. The zero-order valence-corrected chi connectivity index (χ0v) is 15.7. The van der Waals surface area contributed by atoms with E-state index in [2.05, 4.69) is 10.6 Å². The molecule has 2 fully saturated rings. The molecule has 1 aromatic rings. The van der Waals surface area contributed by atoms with Gasteiger partial charge < -0.3 is 10.4 Å². The van der Waals surface area contributed by atoms with Crippen molar-refractivity contribution in [1.29, 1.82) is 0 Å². The normalized spacial score (nSPS) is 29.0. The van der Waals surface area contributed by atoms with Crippen molar-refractivity contribution in [1.82, 2.24) is 5.32 Å². The van der Waals surface area contributed by atoms with Crippen LogP contribution in [0.15, 0.2) is 24.3 Å². The third kappa shape index (κ3) is 3.11. The van der Waals surface area contributed by atoms with Gasteiger partial charge in [0.2, 0.25) is 17.7 Å². The molecule has 3 rings (SSSR count). The fourth-order valence-corrected chi connectivity index (χ4v) is 4.25. The van der Waals surface area contributed by atoms with E-state index >= 15 is 0 Å². The lowest BCUT2D eigenvalue weighted by atomic mass is 9.72. The summed E-state index contributed by atoms with van der Waals surface area (Å²) in [6.45, 7) is 5.45. The van der Waals surface area contributed by atoms with Gasteiger partial charge in [-0.05, 0) is 36.0 Å². The van der Waals surface area contributed by atoms with E-state index in [4.69, 9.17) is 0 Å². The largest absolute Gasteiger partial charge is 0.481 e. The summed E-state index contributed by atoms with van der Waals surface area (Å²) in [5.74, 6) is -3.06. The van der Waals surface area contributed by atoms with E-state index in [1.54, 1.807) is 38.1 Å². The number of amides is 3. The van der Waals surface area contributed by atoms with Crippen LogP contribution in [-0.2, 0) is 24.6 Å². The Balaban J connectivity index is 1.74. The second kappa shape index (κ2) is 6.48. The Morgan fingerprint density at radius 2 is 1.81 bits per heavy atom. The van der Waals surface area contributed by atoms with Crippen LogP contribution >= 0.6 is 0 Å². The first-order valence-electron chi connectivity index (χ1n) is 9.12. The van der Waals surface area contributed by atoms with E-state index in [0.717, 1.165) is 5.56 Å². The van der Waals surface area contributed by atoms with Crippen molar-refractivity contribution >= 4 is 29.4 Å². The standard InChI is InChI=1S/C20H24N2O5/c1-4-20(10-9-13(23)22-18(20)27)11-5-7-12(8-6-11)21-16(24)14-15(17(25)26)19(14,2)3/h5-8,14-15H,4,9-10H2,1-3H3,(H,21,24)(H,25,26)(H,22,23,27). The Hall–Kier alpha value is -2.70. The molecule has 3 N–H and O–H groups in total.